The molecule has 2 heteroatoms. The van der Waals surface area contributed by atoms with Crippen molar-refractivity contribution in [1.29, 1.82) is 0 Å². The molecule has 0 aliphatic rings. The second kappa shape index (κ2) is 8.31. The van der Waals surface area contributed by atoms with Gasteiger partial charge in [-0.05, 0) is 38.9 Å². The largest absolute Gasteiger partial charge is 0.412 e. The van der Waals surface area contributed by atoms with Gasteiger partial charge >= 0.3 is 0 Å². The standard InChI is InChI=1S/C15H34OSi/c1-7-10-12-15(4,13-11-8-2)16-17(5,6)14-9-3/h7-14H2,1-6H3. The van der Waals surface area contributed by atoms with Crippen LogP contribution in [0.3, 0.4) is 0 Å². The van der Waals surface area contributed by atoms with Crippen LogP contribution in [0.2, 0.25) is 19.1 Å². The van der Waals surface area contributed by atoms with E-state index in [0.717, 1.165) is 0 Å². The molecule has 1 nitrogen and oxygen atoms in total. The predicted molar refractivity (Wildman–Crippen MR) is 81.1 cm³/mol. The lowest BCUT2D eigenvalue weighted by molar-refractivity contribution is 0.0551. The molecule has 0 fully saturated rings. The zero-order valence-corrected chi connectivity index (χ0v) is 14.1. The molecule has 17 heavy (non-hydrogen) atoms. The van der Waals surface area contributed by atoms with Crippen LogP contribution in [-0.2, 0) is 4.43 Å². The average Bonchev–Trinajstić information content (AvgIpc) is 2.23. The molecule has 0 unspecified atom stereocenters. The monoisotopic (exact) mass is 258 g/mol. The van der Waals surface area contributed by atoms with Gasteiger partial charge in [-0.1, -0.05) is 52.9 Å². The third-order valence-electron chi connectivity index (χ3n) is 3.49. The molecule has 0 amide bonds. The molecule has 0 aromatic heterocycles. The third kappa shape index (κ3) is 7.99. The van der Waals surface area contributed by atoms with Gasteiger partial charge in [0.2, 0.25) is 0 Å². The molecule has 0 bridgehead atoms. The van der Waals surface area contributed by atoms with E-state index in [9.17, 15) is 0 Å². The molecule has 104 valence electrons. The average molecular weight is 259 g/mol. The van der Waals surface area contributed by atoms with Crippen LogP contribution >= 0.6 is 0 Å². The van der Waals surface area contributed by atoms with Crippen molar-refractivity contribution in [2.45, 2.75) is 97.4 Å². The Kier molecular flexibility index (Phi) is 8.40. The van der Waals surface area contributed by atoms with E-state index in [2.05, 4.69) is 40.8 Å². The van der Waals surface area contributed by atoms with Gasteiger partial charge in [-0.25, -0.2) is 0 Å². The fraction of sp³-hybridized carbons (Fsp3) is 1.00. The summed E-state index contributed by atoms with van der Waals surface area (Å²) in [6.07, 6.45) is 8.90. The Morgan fingerprint density at radius 2 is 1.35 bits per heavy atom. The maximum Gasteiger partial charge on any atom is 0.187 e. The Morgan fingerprint density at radius 3 is 1.71 bits per heavy atom. The van der Waals surface area contributed by atoms with Crippen molar-refractivity contribution in [3.05, 3.63) is 0 Å². The second-order valence-corrected chi connectivity index (χ2v) is 10.5. The fourth-order valence-corrected chi connectivity index (χ4v) is 5.49. The molecule has 0 N–H and O–H groups in total. The molecule has 0 aliphatic heterocycles. The summed E-state index contributed by atoms with van der Waals surface area (Å²) in [5.74, 6) is 0. The highest BCUT2D eigenvalue weighted by Crippen LogP contribution is 2.31. The van der Waals surface area contributed by atoms with E-state index in [1.54, 1.807) is 0 Å². The van der Waals surface area contributed by atoms with Crippen molar-refractivity contribution in [2.75, 3.05) is 0 Å². The lowest BCUT2D eigenvalue weighted by Crippen LogP contribution is -2.42. The first-order chi connectivity index (χ1) is 7.89. The second-order valence-electron chi connectivity index (χ2n) is 6.27. The normalized spacial score (nSPS) is 13.1. The van der Waals surface area contributed by atoms with Gasteiger partial charge in [0.1, 0.15) is 0 Å². The third-order valence-corrected chi connectivity index (χ3v) is 6.24. The van der Waals surface area contributed by atoms with E-state index in [1.165, 1.54) is 51.0 Å². The number of unbranched alkanes of at least 4 members (excludes halogenated alkanes) is 2. The highest BCUT2D eigenvalue weighted by atomic mass is 28.4. The minimum absolute atomic E-state index is 0.150. The topological polar surface area (TPSA) is 9.23 Å². The van der Waals surface area contributed by atoms with Gasteiger partial charge in [0, 0.05) is 0 Å². The van der Waals surface area contributed by atoms with Crippen LogP contribution in [0.15, 0.2) is 0 Å². The van der Waals surface area contributed by atoms with Crippen LogP contribution in [0.5, 0.6) is 0 Å². The first-order valence-electron chi connectivity index (χ1n) is 7.59. The highest BCUT2D eigenvalue weighted by Gasteiger charge is 2.32. The van der Waals surface area contributed by atoms with Crippen molar-refractivity contribution in [2.24, 2.45) is 0 Å². The molecule has 0 atom stereocenters. The van der Waals surface area contributed by atoms with Gasteiger partial charge in [0.15, 0.2) is 8.32 Å². The van der Waals surface area contributed by atoms with Crippen LogP contribution in [0.25, 0.3) is 0 Å². The lowest BCUT2D eigenvalue weighted by Gasteiger charge is -2.38. The van der Waals surface area contributed by atoms with Crippen LogP contribution in [0.1, 0.15) is 72.6 Å². The molecule has 0 radical (unpaired) electrons. The van der Waals surface area contributed by atoms with Gasteiger partial charge < -0.3 is 4.43 Å². The van der Waals surface area contributed by atoms with Gasteiger partial charge in [-0.15, -0.1) is 0 Å². The van der Waals surface area contributed by atoms with E-state index in [-0.39, 0.29) is 5.60 Å². The Labute approximate surface area is 110 Å². The van der Waals surface area contributed by atoms with E-state index < -0.39 is 8.32 Å². The SMILES string of the molecule is CCCCC(C)(CCCC)O[Si](C)(C)CCC. The van der Waals surface area contributed by atoms with Crippen LogP contribution in [0.4, 0.5) is 0 Å². The molecule has 0 saturated heterocycles. The summed E-state index contributed by atoms with van der Waals surface area (Å²) in [5.41, 5.74) is 0.150. The smallest absolute Gasteiger partial charge is 0.187 e. The molecule has 0 aromatic carbocycles. The van der Waals surface area contributed by atoms with E-state index in [1.807, 2.05) is 0 Å². The van der Waals surface area contributed by atoms with E-state index in [0.29, 0.717) is 0 Å². The first kappa shape index (κ1) is 17.2. The minimum Gasteiger partial charge on any atom is -0.412 e. The zero-order valence-electron chi connectivity index (χ0n) is 13.1. The Hall–Kier alpha value is 0.177. The Balaban J connectivity index is 4.44. The summed E-state index contributed by atoms with van der Waals surface area (Å²) in [7, 11) is -1.44. The first-order valence-corrected chi connectivity index (χ1v) is 10.7. The molecule has 0 spiro atoms. The van der Waals surface area contributed by atoms with Crippen molar-refractivity contribution < 1.29 is 4.43 Å². The molecular weight excluding hydrogens is 224 g/mol. The molecule has 0 rings (SSSR count). The summed E-state index contributed by atoms with van der Waals surface area (Å²) >= 11 is 0. The summed E-state index contributed by atoms with van der Waals surface area (Å²) < 4.78 is 6.61. The molecule has 0 saturated carbocycles. The van der Waals surface area contributed by atoms with Crippen molar-refractivity contribution in [3.8, 4) is 0 Å². The maximum atomic E-state index is 6.61. The Morgan fingerprint density at radius 1 is 0.882 bits per heavy atom. The quantitative estimate of drug-likeness (QED) is 0.453. The van der Waals surface area contributed by atoms with Crippen molar-refractivity contribution in [3.63, 3.8) is 0 Å². The van der Waals surface area contributed by atoms with E-state index in [4.69, 9.17) is 4.43 Å². The van der Waals surface area contributed by atoms with Gasteiger partial charge in [0.25, 0.3) is 0 Å². The minimum atomic E-state index is -1.44. The number of hydrogen-bond acceptors (Lipinski definition) is 1. The number of hydrogen-bond donors (Lipinski definition) is 0. The van der Waals surface area contributed by atoms with Crippen LogP contribution in [-0.4, -0.2) is 13.9 Å². The predicted octanol–water partition coefficient (Wildman–Crippen LogP) is 5.76. The molecule has 0 aliphatic carbocycles. The fourth-order valence-electron chi connectivity index (χ4n) is 2.65. The molecule has 0 heterocycles. The maximum absolute atomic E-state index is 6.61. The highest BCUT2D eigenvalue weighted by molar-refractivity contribution is 6.71. The van der Waals surface area contributed by atoms with Gasteiger partial charge in [-0.2, -0.15) is 0 Å². The number of rotatable bonds is 10. The summed E-state index contributed by atoms with van der Waals surface area (Å²) in [6.45, 7) is 13.9. The van der Waals surface area contributed by atoms with Crippen LogP contribution < -0.4 is 0 Å². The lowest BCUT2D eigenvalue weighted by atomic mass is 9.93. The molecular formula is C15H34OSi. The van der Waals surface area contributed by atoms with Crippen molar-refractivity contribution >= 4 is 8.32 Å². The Bertz CT molecular complexity index is 181. The van der Waals surface area contributed by atoms with Gasteiger partial charge in [0.05, 0.1) is 5.60 Å². The summed E-state index contributed by atoms with van der Waals surface area (Å²) in [6, 6.07) is 1.29. The summed E-state index contributed by atoms with van der Waals surface area (Å²) in [5, 5.41) is 0. The van der Waals surface area contributed by atoms with Crippen LogP contribution in [0, 0.1) is 0 Å². The van der Waals surface area contributed by atoms with Crippen molar-refractivity contribution in [1.82, 2.24) is 0 Å². The van der Waals surface area contributed by atoms with Gasteiger partial charge in [-0.3, -0.25) is 0 Å². The molecule has 0 aromatic rings. The summed E-state index contributed by atoms with van der Waals surface area (Å²) in [4.78, 5) is 0. The van der Waals surface area contributed by atoms with E-state index >= 15 is 0 Å². The zero-order chi connectivity index (χ0) is 13.4.